The first-order valence-corrected chi connectivity index (χ1v) is 9.60. The first-order valence-electron chi connectivity index (χ1n) is 9.60. The summed E-state index contributed by atoms with van der Waals surface area (Å²) in [6.07, 6.45) is 0. The molecule has 1 aliphatic rings. The number of rotatable bonds is 3. The number of benzene rings is 1. The zero-order valence-corrected chi connectivity index (χ0v) is 18.4. The van der Waals surface area contributed by atoms with Gasteiger partial charge in [-0.2, -0.15) is 0 Å². The van der Waals surface area contributed by atoms with Crippen LogP contribution < -0.4 is 5.32 Å². The van der Waals surface area contributed by atoms with E-state index in [-0.39, 0.29) is 0 Å². The summed E-state index contributed by atoms with van der Waals surface area (Å²) in [4.78, 5) is 26.1. The molecule has 1 N–H and O–H groups in total. The smallest absolute Gasteiger partial charge is 0.337 e. The molecule has 6 heteroatoms. The molecular formula is C23H30FNO4. The van der Waals surface area contributed by atoms with Gasteiger partial charge in [-0.1, -0.05) is 12.1 Å². The molecule has 0 spiro atoms. The lowest BCUT2D eigenvalue weighted by Gasteiger charge is -2.33. The molecule has 0 saturated heterocycles. The predicted octanol–water partition coefficient (Wildman–Crippen LogP) is 4.74. The quantitative estimate of drug-likeness (QED) is 0.738. The van der Waals surface area contributed by atoms with Crippen LogP contribution in [0.4, 0.5) is 4.39 Å². The molecule has 0 unspecified atom stereocenters. The van der Waals surface area contributed by atoms with Crippen LogP contribution in [0.2, 0.25) is 0 Å². The maximum atomic E-state index is 13.5. The number of nitrogens with one attached hydrogen (secondary N) is 1. The van der Waals surface area contributed by atoms with Crippen LogP contribution in [-0.2, 0) is 19.1 Å². The fraction of sp³-hybridized carbons (Fsp3) is 0.478. The second kappa shape index (κ2) is 8.01. The summed E-state index contributed by atoms with van der Waals surface area (Å²) in [5, 5.41) is 3.11. The second-order valence-electron chi connectivity index (χ2n) is 9.19. The topological polar surface area (TPSA) is 64.6 Å². The number of carbonyl (C=O) groups is 2. The number of dihydropyridines is 1. The van der Waals surface area contributed by atoms with E-state index in [4.69, 9.17) is 9.47 Å². The molecule has 0 aliphatic carbocycles. The van der Waals surface area contributed by atoms with E-state index in [1.165, 1.54) is 12.1 Å². The summed E-state index contributed by atoms with van der Waals surface area (Å²) in [6, 6.07) is 5.75. The molecule has 0 bridgehead atoms. The van der Waals surface area contributed by atoms with E-state index in [9.17, 15) is 14.0 Å². The van der Waals surface area contributed by atoms with E-state index in [2.05, 4.69) is 5.32 Å². The minimum Gasteiger partial charge on any atom is -0.457 e. The first kappa shape index (κ1) is 22.7. The maximum Gasteiger partial charge on any atom is 0.337 e. The van der Waals surface area contributed by atoms with E-state index in [0.29, 0.717) is 28.1 Å². The number of allylic oxidation sites excluding steroid dienone is 2. The minimum absolute atomic E-state index is 0.304. The van der Waals surface area contributed by atoms with Gasteiger partial charge in [0.25, 0.3) is 0 Å². The third-order valence-electron chi connectivity index (χ3n) is 4.20. The normalized spacial score (nSPS) is 15.9. The van der Waals surface area contributed by atoms with Gasteiger partial charge in [0.2, 0.25) is 0 Å². The van der Waals surface area contributed by atoms with Crippen LogP contribution in [-0.4, -0.2) is 23.1 Å². The monoisotopic (exact) mass is 403 g/mol. The molecule has 0 fully saturated rings. The van der Waals surface area contributed by atoms with Gasteiger partial charge < -0.3 is 14.8 Å². The molecule has 0 aromatic heterocycles. The highest BCUT2D eigenvalue weighted by Crippen LogP contribution is 2.40. The van der Waals surface area contributed by atoms with E-state index >= 15 is 0 Å². The highest BCUT2D eigenvalue weighted by molar-refractivity contribution is 6.00. The van der Waals surface area contributed by atoms with Gasteiger partial charge in [-0.3, -0.25) is 0 Å². The van der Waals surface area contributed by atoms with E-state index in [0.717, 1.165) is 0 Å². The van der Waals surface area contributed by atoms with Crippen molar-refractivity contribution in [3.05, 3.63) is 58.2 Å². The summed E-state index contributed by atoms with van der Waals surface area (Å²) in [5.41, 5.74) is 0.959. The van der Waals surface area contributed by atoms with Crippen molar-refractivity contribution in [1.29, 1.82) is 0 Å². The molecule has 0 radical (unpaired) electrons. The van der Waals surface area contributed by atoms with Gasteiger partial charge in [0.05, 0.1) is 17.1 Å². The average molecular weight is 403 g/mol. The van der Waals surface area contributed by atoms with Crippen LogP contribution in [0, 0.1) is 5.82 Å². The van der Waals surface area contributed by atoms with Gasteiger partial charge in [0, 0.05) is 11.4 Å². The molecule has 1 heterocycles. The zero-order valence-electron chi connectivity index (χ0n) is 18.4. The maximum absolute atomic E-state index is 13.5. The van der Waals surface area contributed by atoms with Crippen molar-refractivity contribution in [3.63, 3.8) is 0 Å². The number of halogens is 1. The van der Waals surface area contributed by atoms with Crippen LogP contribution in [0.15, 0.2) is 46.8 Å². The Balaban J connectivity index is 2.63. The first-order chi connectivity index (χ1) is 13.2. The Kier molecular flexibility index (Phi) is 6.26. The molecule has 158 valence electrons. The van der Waals surface area contributed by atoms with Crippen molar-refractivity contribution in [1.82, 2.24) is 5.32 Å². The Morgan fingerprint density at radius 1 is 0.828 bits per heavy atom. The lowest BCUT2D eigenvalue weighted by Crippen LogP contribution is -2.36. The van der Waals surface area contributed by atoms with Gasteiger partial charge in [0.1, 0.15) is 17.0 Å². The summed E-state index contributed by atoms with van der Waals surface area (Å²) >= 11 is 0. The lowest BCUT2D eigenvalue weighted by atomic mass is 9.80. The molecule has 5 nitrogen and oxygen atoms in total. The van der Waals surface area contributed by atoms with Crippen LogP contribution in [0.25, 0.3) is 0 Å². The third kappa shape index (κ3) is 5.68. The minimum atomic E-state index is -0.735. The van der Waals surface area contributed by atoms with Crippen LogP contribution in [0.5, 0.6) is 0 Å². The standard InChI is InChI=1S/C23H30FNO4/c1-13-17(20(26)28-22(3,4)5)19(15-9-11-16(24)12-10-15)18(14(2)25-13)21(27)29-23(6,7)8/h9-12,19,25H,1-8H3. The number of carbonyl (C=O) groups excluding carboxylic acids is 2. The van der Waals surface area contributed by atoms with Gasteiger partial charge in [-0.25, -0.2) is 14.0 Å². The number of hydrogen-bond donors (Lipinski definition) is 1. The van der Waals surface area contributed by atoms with Crippen molar-refractivity contribution in [3.8, 4) is 0 Å². The summed E-state index contributed by atoms with van der Waals surface area (Å²) < 4.78 is 24.7. The number of ether oxygens (including phenoxy) is 2. The molecule has 0 atom stereocenters. The molecule has 1 aliphatic heterocycles. The van der Waals surface area contributed by atoms with E-state index in [1.54, 1.807) is 67.5 Å². The number of hydrogen-bond acceptors (Lipinski definition) is 5. The number of esters is 2. The summed E-state index contributed by atoms with van der Waals surface area (Å²) in [5.74, 6) is -2.21. The molecule has 29 heavy (non-hydrogen) atoms. The molecular weight excluding hydrogens is 373 g/mol. The van der Waals surface area contributed by atoms with E-state index < -0.39 is 34.9 Å². The van der Waals surface area contributed by atoms with Gasteiger partial charge in [0.15, 0.2) is 0 Å². The van der Waals surface area contributed by atoms with Crippen molar-refractivity contribution in [2.75, 3.05) is 0 Å². The van der Waals surface area contributed by atoms with Gasteiger partial charge in [-0.05, 0) is 73.1 Å². The Morgan fingerprint density at radius 2 is 1.21 bits per heavy atom. The molecule has 0 amide bonds. The van der Waals surface area contributed by atoms with Crippen LogP contribution >= 0.6 is 0 Å². The average Bonchev–Trinajstić information content (AvgIpc) is 2.51. The Labute approximate surface area is 172 Å². The SMILES string of the molecule is CC1=C(C(=O)OC(C)(C)C)C(c2ccc(F)cc2)C(C(=O)OC(C)(C)C)=C(C)N1. The highest BCUT2D eigenvalue weighted by Gasteiger charge is 2.39. The van der Waals surface area contributed by atoms with Crippen molar-refractivity contribution in [2.24, 2.45) is 0 Å². The van der Waals surface area contributed by atoms with Gasteiger partial charge in [-0.15, -0.1) is 0 Å². The Morgan fingerprint density at radius 3 is 1.55 bits per heavy atom. The largest absolute Gasteiger partial charge is 0.457 e. The molecule has 1 aromatic rings. The van der Waals surface area contributed by atoms with Crippen molar-refractivity contribution >= 4 is 11.9 Å². The Hall–Kier alpha value is -2.63. The van der Waals surface area contributed by atoms with Crippen molar-refractivity contribution in [2.45, 2.75) is 72.5 Å². The third-order valence-corrected chi connectivity index (χ3v) is 4.20. The summed E-state index contributed by atoms with van der Waals surface area (Å²) in [7, 11) is 0. The fourth-order valence-corrected chi connectivity index (χ4v) is 3.19. The summed E-state index contributed by atoms with van der Waals surface area (Å²) in [6.45, 7) is 14.2. The Bertz CT molecular complexity index is 818. The van der Waals surface area contributed by atoms with Crippen LogP contribution in [0.1, 0.15) is 66.9 Å². The predicted molar refractivity (Wildman–Crippen MR) is 109 cm³/mol. The second-order valence-corrected chi connectivity index (χ2v) is 9.19. The molecule has 1 aromatic carbocycles. The zero-order chi connectivity index (χ0) is 22.1. The van der Waals surface area contributed by atoms with Crippen LogP contribution in [0.3, 0.4) is 0 Å². The van der Waals surface area contributed by atoms with Gasteiger partial charge >= 0.3 is 11.9 Å². The van der Waals surface area contributed by atoms with Crippen molar-refractivity contribution < 1.29 is 23.5 Å². The fourth-order valence-electron chi connectivity index (χ4n) is 3.19. The molecule has 0 saturated carbocycles. The highest BCUT2D eigenvalue weighted by atomic mass is 19.1. The molecule has 2 rings (SSSR count). The lowest BCUT2D eigenvalue weighted by molar-refractivity contribution is -0.150. The van der Waals surface area contributed by atoms with E-state index in [1.807, 2.05) is 0 Å².